The Kier molecular flexibility index (Phi) is 4.26. The van der Waals surface area contributed by atoms with Gasteiger partial charge in [0.1, 0.15) is 0 Å². The van der Waals surface area contributed by atoms with Gasteiger partial charge in [-0.25, -0.2) is 0 Å². The molecule has 3 nitrogen and oxygen atoms in total. The standard InChI is InChI=1S/C10H20N2OS/c1-8(7-14-2)12-9(13)10(11)5-3-4-6-10/h8H,3-7,11H2,1-2H3,(H,12,13). The summed E-state index contributed by atoms with van der Waals surface area (Å²) in [7, 11) is 0. The van der Waals surface area contributed by atoms with Crippen LogP contribution in [0.4, 0.5) is 0 Å². The van der Waals surface area contributed by atoms with Crippen LogP contribution in [-0.2, 0) is 4.79 Å². The number of carbonyl (C=O) groups excluding carboxylic acids is 1. The van der Waals surface area contributed by atoms with Gasteiger partial charge in [0.25, 0.3) is 0 Å². The third-order valence-corrected chi connectivity index (χ3v) is 3.58. The molecule has 0 aromatic carbocycles. The third kappa shape index (κ3) is 2.89. The highest BCUT2D eigenvalue weighted by Crippen LogP contribution is 2.27. The highest BCUT2D eigenvalue weighted by atomic mass is 32.2. The Balaban J connectivity index is 2.40. The van der Waals surface area contributed by atoms with Gasteiger partial charge in [-0.05, 0) is 26.0 Å². The van der Waals surface area contributed by atoms with E-state index >= 15 is 0 Å². The molecule has 1 saturated carbocycles. The fraction of sp³-hybridized carbons (Fsp3) is 0.900. The van der Waals surface area contributed by atoms with Crippen LogP contribution in [0.3, 0.4) is 0 Å². The van der Waals surface area contributed by atoms with E-state index in [9.17, 15) is 4.79 Å². The van der Waals surface area contributed by atoms with Gasteiger partial charge in [0, 0.05) is 11.8 Å². The molecule has 0 heterocycles. The molecular weight excluding hydrogens is 196 g/mol. The fourth-order valence-corrected chi connectivity index (χ4v) is 2.48. The second kappa shape index (κ2) is 5.03. The first kappa shape index (κ1) is 11.9. The van der Waals surface area contributed by atoms with Gasteiger partial charge < -0.3 is 11.1 Å². The number of hydrogen-bond donors (Lipinski definition) is 2. The number of hydrogen-bond acceptors (Lipinski definition) is 3. The summed E-state index contributed by atoms with van der Waals surface area (Å²) in [6.07, 6.45) is 5.88. The molecule has 1 rings (SSSR count). The zero-order valence-electron chi connectivity index (χ0n) is 9.01. The minimum Gasteiger partial charge on any atom is -0.351 e. The Morgan fingerprint density at radius 3 is 2.64 bits per heavy atom. The average Bonchev–Trinajstić information content (AvgIpc) is 2.54. The van der Waals surface area contributed by atoms with E-state index in [4.69, 9.17) is 5.73 Å². The zero-order chi connectivity index (χ0) is 10.6. The molecule has 3 N–H and O–H groups in total. The van der Waals surface area contributed by atoms with Crippen molar-refractivity contribution in [3.63, 3.8) is 0 Å². The van der Waals surface area contributed by atoms with E-state index < -0.39 is 5.54 Å². The van der Waals surface area contributed by atoms with Crippen LogP contribution in [0.15, 0.2) is 0 Å². The van der Waals surface area contributed by atoms with E-state index in [2.05, 4.69) is 5.32 Å². The summed E-state index contributed by atoms with van der Waals surface area (Å²) in [4.78, 5) is 11.8. The molecule has 1 aliphatic carbocycles. The molecule has 0 aromatic rings. The quantitative estimate of drug-likeness (QED) is 0.740. The van der Waals surface area contributed by atoms with Crippen molar-refractivity contribution in [1.82, 2.24) is 5.32 Å². The summed E-state index contributed by atoms with van der Waals surface area (Å²) in [6.45, 7) is 2.02. The summed E-state index contributed by atoms with van der Waals surface area (Å²) in [5, 5.41) is 2.98. The van der Waals surface area contributed by atoms with Gasteiger partial charge in [-0.2, -0.15) is 11.8 Å². The lowest BCUT2D eigenvalue weighted by atomic mass is 9.98. The fourth-order valence-electron chi connectivity index (χ4n) is 1.89. The highest BCUT2D eigenvalue weighted by Gasteiger charge is 2.37. The average molecular weight is 216 g/mol. The summed E-state index contributed by atoms with van der Waals surface area (Å²) in [5.41, 5.74) is 5.45. The minimum atomic E-state index is -0.577. The van der Waals surface area contributed by atoms with Crippen molar-refractivity contribution in [2.75, 3.05) is 12.0 Å². The maximum atomic E-state index is 11.8. The SMILES string of the molecule is CSCC(C)NC(=O)C1(N)CCCC1. The highest BCUT2D eigenvalue weighted by molar-refractivity contribution is 7.98. The van der Waals surface area contributed by atoms with Gasteiger partial charge in [0.05, 0.1) is 5.54 Å². The van der Waals surface area contributed by atoms with Crippen LogP contribution in [0, 0.1) is 0 Å². The van der Waals surface area contributed by atoms with Crippen LogP contribution in [0.2, 0.25) is 0 Å². The van der Waals surface area contributed by atoms with Crippen molar-refractivity contribution in [1.29, 1.82) is 0 Å². The van der Waals surface area contributed by atoms with Gasteiger partial charge in [-0.15, -0.1) is 0 Å². The Hall–Kier alpha value is -0.220. The first-order chi connectivity index (χ1) is 6.58. The molecule has 1 unspecified atom stereocenters. The number of amides is 1. The lowest BCUT2D eigenvalue weighted by Crippen LogP contribution is -2.54. The van der Waals surface area contributed by atoms with Crippen molar-refractivity contribution in [3.8, 4) is 0 Å². The van der Waals surface area contributed by atoms with Gasteiger partial charge in [-0.1, -0.05) is 12.8 Å². The molecule has 0 radical (unpaired) electrons. The van der Waals surface area contributed by atoms with Crippen molar-refractivity contribution < 1.29 is 4.79 Å². The minimum absolute atomic E-state index is 0.0385. The molecule has 1 fully saturated rings. The van der Waals surface area contributed by atoms with E-state index in [1.54, 1.807) is 11.8 Å². The number of rotatable bonds is 4. The molecule has 82 valence electrons. The molecule has 4 heteroatoms. The van der Waals surface area contributed by atoms with Crippen molar-refractivity contribution in [3.05, 3.63) is 0 Å². The molecule has 0 bridgehead atoms. The van der Waals surface area contributed by atoms with Gasteiger partial charge in [-0.3, -0.25) is 4.79 Å². The monoisotopic (exact) mass is 216 g/mol. The Morgan fingerprint density at radius 2 is 2.14 bits per heavy atom. The summed E-state index contributed by atoms with van der Waals surface area (Å²) in [5.74, 6) is 0.985. The number of nitrogens with two attached hydrogens (primary N) is 1. The van der Waals surface area contributed by atoms with Gasteiger partial charge in [0.2, 0.25) is 5.91 Å². The maximum Gasteiger partial charge on any atom is 0.240 e. The summed E-state index contributed by atoms with van der Waals surface area (Å²) in [6, 6.07) is 0.221. The predicted molar refractivity (Wildman–Crippen MR) is 61.4 cm³/mol. The second-order valence-corrected chi connectivity index (χ2v) is 5.10. The van der Waals surface area contributed by atoms with Crippen LogP contribution >= 0.6 is 11.8 Å². The molecular formula is C10H20N2OS. The second-order valence-electron chi connectivity index (χ2n) is 4.19. The van der Waals surface area contributed by atoms with Crippen molar-refractivity contribution in [2.24, 2.45) is 5.73 Å². The molecule has 14 heavy (non-hydrogen) atoms. The largest absolute Gasteiger partial charge is 0.351 e. The van der Waals surface area contributed by atoms with Crippen LogP contribution in [0.25, 0.3) is 0 Å². The summed E-state index contributed by atoms with van der Waals surface area (Å²) >= 11 is 1.74. The van der Waals surface area contributed by atoms with Crippen LogP contribution in [0.5, 0.6) is 0 Å². The zero-order valence-corrected chi connectivity index (χ0v) is 9.82. The van der Waals surface area contributed by atoms with Crippen molar-refractivity contribution >= 4 is 17.7 Å². The molecule has 0 spiro atoms. The van der Waals surface area contributed by atoms with E-state index in [1.165, 1.54) is 0 Å². The molecule has 1 aliphatic rings. The normalized spacial score (nSPS) is 21.9. The van der Waals surface area contributed by atoms with Crippen LogP contribution in [-0.4, -0.2) is 29.5 Å². The van der Waals surface area contributed by atoms with Crippen LogP contribution < -0.4 is 11.1 Å². The number of nitrogens with one attached hydrogen (secondary N) is 1. The van der Waals surface area contributed by atoms with E-state index in [-0.39, 0.29) is 11.9 Å². The van der Waals surface area contributed by atoms with Crippen molar-refractivity contribution in [2.45, 2.75) is 44.2 Å². The third-order valence-electron chi connectivity index (χ3n) is 2.74. The first-order valence-electron chi connectivity index (χ1n) is 5.17. The number of thioether (sulfide) groups is 1. The van der Waals surface area contributed by atoms with Crippen LogP contribution in [0.1, 0.15) is 32.6 Å². The lowest BCUT2D eigenvalue weighted by molar-refractivity contribution is -0.126. The first-order valence-corrected chi connectivity index (χ1v) is 6.56. The maximum absolute atomic E-state index is 11.8. The number of carbonyl (C=O) groups is 1. The summed E-state index contributed by atoms with van der Waals surface area (Å²) < 4.78 is 0. The molecule has 0 saturated heterocycles. The molecule has 1 atom stereocenters. The molecule has 0 aliphatic heterocycles. The van der Waals surface area contributed by atoms with E-state index in [0.29, 0.717) is 0 Å². The Labute approximate surface area is 90.2 Å². The Bertz CT molecular complexity index is 202. The Morgan fingerprint density at radius 1 is 1.57 bits per heavy atom. The van der Waals surface area contributed by atoms with E-state index in [0.717, 1.165) is 31.4 Å². The van der Waals surface area contributed by atoms with Gasteiger partial charge >= 0.3 is 0 Å². The van der Waals surface area contributed by atoms with Gasteiger partial charge in [0.15, 0.2) is 0 Å². The lowest BCUT2D eigenvalue weighted by Gasteiger charge is -2.24. The van der Waals surface area contributed by atoms with E-state index in [1.807, 2.05) is 13.2 Å². The topological polar surface area (TPSA) is 55.1 Å². The molecule has 0 aromatic heterocycles. The predicted octanol–water partition coefficient (Wildman–Crippen LogP) is 1.13. The smallest absolute Gasteiger partial charge is 0.240 e. The molecule has 1 amide bonds.